The third kappa shape index (κ3) is 3.01. The largest absolute Gasteiger partial charge is 0.339 e. The Bertz CT molecular complexity index is 636. The fraction of sp³-hybridized carbons (Fsp3) is 0.500. The van der Waals surface area contributed by atoms with Crippen LogP contribution in [0.2, 0.25) is 0 Å². The Kier molecular flexibility index (Phi) is 4.45. The molecule has 2 bridgehead atoms. The van der Waals surface area contributed by atoms with Gasteiger partial charge in [0.2, 0.25) is 11.7 Å². The number of nitrogens with one attached hydrogen (secondary N) is 1. The van der Waals surface area contributed by atoms with Gasteiger partial charge in [-0.1, -0.05) is 17.3 Å². The first kappa shape index (κ1) is 15.4. The second-order valence-corrected chi connectivity index (χ2v) is 6.17. The Morgan fingerprint density at radius 1 is 1.18 bits per heavy atom. The molecule has 22 heavy (non-hydrogen) atoms. The number of hydrogen-bond acceptors (Lipinski definition) is 4. The van der Waals surface area contributed by atoms with E-state index in [-0.39, 0.29) is 18.2 Å². The summed E-state index contributed by atoms with van der Waals surface area (Å²) in [6.07, 6.45) is 5.72. The molecule has 0 radical (unpaired) electrons. The van der Waals surface area contributed by atoms with E-state index in [4.69, 9.17) is 4.52 Å². The molecule has 3 heterocycles. The van der Waals surface area contributed by atoms with Gasteiger partial charge in [-0.15, -0.1) is 12.4 Å². The minimum Gasteiger partial charge on any atom is -0.339 e. The molecule has 0 amide bonds. The van der Waals surface area contributed by atoms with E-state index in [1.165, 1.54) is 31.7 Å². The van der Waals surface area contributed by atoms with Gasteiger partial charge >= 0.3 is 0 Å². The van der Waals surface area contributed by atoms with Gasteiger partial charge in [-0.05, 0) is 43.7 Å². The minimum atomic E-state index is -0.315. The van der Waals surface area contributed by atoms with Crippen molar-refractivity contribution in [1.82, 2.24) is 15.5 Å². The molecular formula is C16H19ClFN3O. The zero-order chi connectivity index (χ0) is 14.2. The Hall–Kier alpha value is -1.46. The van der Waals surface area contributed by atoms with Gasteiger partial charge < -0.3 is 9.84 Å². The molecule has 0 spiro atoms. The van der Waals surface area contributed by atoms with Crippen molar-refractivity contribution >= 4 is 12.4 Å². The van der Waals surface area contributed by atoms with Crippen molar-refractivity contribution in [2.24, 2.45) is 5.92 Å². The first-order valence-electron chi connectivity index (χ1n) is 7.61. The van der Waals surface area contributed by atoms with E-state index >= 15 is 0 Å². The third-order valence-corrected chi connectivity index (χ3v) is 4.62. The monoisotopic (exact) mass is 323 g/mol. The summed E-state index contributed by atoms with van der Waals surface area (Å²) in [4.78, 5) is 4.37. The number of rotatable bonds is 3. The summed E-state index contributed by atoms with van der Waals surface area (Å²) < 4.78 is 19.0. The predicted molar refractivity (Wildman–Crippen MR) is 83.3 cm³/mol. The van der Waals surface area contributed by atoms with Crippen LogP contribution < -0.4 is 5.32 Å². The number of benzene rings is 1. The lowest BCUT2D eigenvalue weighted by Crippen LogP contribution is -2.38. The van der Waals surface area contributed by atoms with Crippen molar-refractivity contribution in [3.63, 3.8) is 0 Å². The van der Waals surface area contributed by atoms with Gasteiger partial charge in [-0.3, -0.25) is 0 Å². The van der Waals surface area contributed by atoms with Gasteiger partial charge in [0.25, 0.3) is 0 Å². The van der Waals surface area contributed by atoms with Gasteiger partial charge in [-0.2, -0.15) is 4.98 Å². The molecular weight excluding hydrogens is 305 g/mol. The Morgan fingerprint density at radius 2 is 1.91 bits per heavy atom. The molecule has 2 saturated heterocycles. The number of piperidine rings is 1. The van der Waals surface area contributed by atoms with Gasteiger partial charge in [0.1, 0.15) is 5.82 Å². The Morgan fingerprint density at radius 3 is 2.64 bits per heavy atom. The van der Waals surface area contributed by atoms with Crippen LogP contribution in [0.25, 0.3) is 11.4 Å². The zero-order valence-electron chi connectivity index (χ0n) is 12.2. The smallest absolute Gasteiger partial charge is 0.227 e. The van der Waals surface area contributed by atoms with Gasteiger partial charge in [0.05, 0.1) is 5.56 Å². The molecule has 1 N–H and O–H groups in total. The van der Waals surface area contributed by atoms with E-state index in [9.17, 15) is 4.39 Å². The minimum absolute atomic E-state index is 0. The fourth-order valence-electron chi connectivity index (χ4n) is 3.68. The van der Waals surface area contributed by atoms with Crippen LogP contribution in [0, 0.1) is 11.7 Å². The van der Waals surface area contributed by atoms with Crippen molar-refractivity contribution in [3.8, 4) is 11.4 Å². The van der Waals surface area contributed by atoms with Gasteiger partial charge in [0, 0.05) is 18.5 Å². The van der Waals surface area contributed by atoms with Gasteiger partial charge in [0.15, 0.2) is 0 Å². The fourth-order valence-corrected chi connectivity index (χ4v) is 3.68. The van der Waals surface area contributed by atoms with E-state index in [1.54, 1.807) is 18.2 Å². The molecule has 118 valence electrons. The lowest BCUT2D eigenvalue weighted by molar-refractivity contribution is 0.270. The quantitative estimate of drug-likeness (QED) is 0.941. The number of hydrogen-bond donors (Lipinski definition) is 1. The summed E-state index contributed by atoms with van der Waals surface area (Å²) in [6, 6.07) is 7.83. The number of fused-ring (bicyclic) bond motifs is 2. The molecule has 0 aliphatic carbocycles. The van der Waals surface area contributed by atoms with Crippen molar-refractivity contribution in [2.75, 3.05) is 0 Å². The highest BCUT2D eigenvalue weighted by Crippen LogP contribution is 2.32. The molecule has 4 nitrogen and oxygen atoms in total. The molecule has 2 fully saturated rings. The first-order chi connectivity index (χ1) is 10.3. The third-order valence-electron chi connectivity index (χ3n) is 4.62. The molecule has 2 atom stereocenters. The summed E-state index contributed by atoms with van der Waals surface area (Å²) in [5.74, 6) is 1.25. The van der Waals surface area contributed by atoms with E-state index < -0.39 is 0 Å². The summed E-state index contributed by atoms with van der Waals surface area (Å²) in [6.45, 7) is 0. The van der Waals surface area contributed by atoms with E-state index in [2.05, 4.69) is 15.5 Å². The Balaban J connectivity index is 0.00000144. The predicted octanol–water partition coefficient (Wildman–Crippen LogP) is 3.37. The summed E-state index contributed by atoms with van der Waals surface area (Å²) in [7, 11) is 0. The van der Waals surface area contributed by atoms with Crippen molar-refractivity contribution in [1.29, 1.82) is 0 Å². The number of aromatic nitrogens is 2. The van der Waals surface area contributed by atoms with E-state index in [1.807, 2.05) is 0 Å². The second-order valence-electron chi connectivity index (χ2n) is 6.17. The van der Waals surface area contributed by atoms with Crippen LogP contribution in [0.4, 0.5) is 4.39 Å². The van der Waals surface area contributed by atoms with Crippen LogP contribution in [-0.4, -0.2) is 22.2 Å². The van der Waals surface area contributed by atoms with Crippen molar-refractivity contribution in [2.45, 2.75) is 44.2 Å². The maximum atomic E-state index is 13.7. The van der Waals surface area contributed by atoms with Crippen molar-refractivity contribution in [3.05, 3.63) is 36.0 Å². The molecule has 4 rings (SSSR count). The molecule has 2 aliphatic rings. The lowest BCUT2D eigenvalue weighted by atomic mass is 9.90. The van der Waals surface area contributed by atoms with Crippen LogP contribution >= 0.6 is 12.4 Å². The van der Waals surface area contributed by atoms with Crippen molar-refractivity contribution < 1.29 is 8.91 Å². The molecule has 1 aromatic carbocycles. The molecule has 6 heteroatoms. The maximum Gasteiger partial charge on any atom is 0.227 e. The highest BCUT2D eigenvalue weighted by molar-refractivity contribution is 5.85. The maximum absolute atomic E-state index is 13.7. The first-order valence-corrected chi connectivity index (χ1v) is 7.61. The topological polar surface area (TPSA) is 51.0 Å². The Labute approximate surface area is 134 Å². The van der Waals surface area contributed by atoms with Crippen LogP contribution in [0.5, 0.6) is 0 Å². The lowest BCUT2D eigenvalue weighted by Gasteiger charge is -2.27. The second kappa shape index (κ2) is 6.34. The van der Waals surface area contributed by atoms with Crippen LogP contribution in [0.3, 0.4) is 0 Å². The molecule has 2 aromatic rings. The highest BCUT2D eigenvalue weighted by Gasteiger charge is 2.34. The number of halogens is 2. The zero-order valence-corrected chi connectivity index (χ0v) is 13.0. The number of nitrogens with zero attached hydrogens (tertiary/aromatic N) is 2. The normalized spacial score (nSPS) is 26.7. The molecule has 2 unspecified atom stereocenters. The van der Waals surface area contributed by atoms with Crippen LogP contribution in [0.15, 0.2) is 28.8 Å². The van der Waals surface area contributed by atoms with Crippen LogP contribution in [0.1, 0.15) is 31.6 Å². The SMILES string of the molecule is Cl.Fc1ccccc1-c1noc(CC2CC3CCC(C2)N3)n1. The van der Waals surface area contributed by atoms with Crippen LogP contribution in [-0.2, 0) is 6.42 Å². The standard InChI is InChI=1S/C16H18FN3O.ClH/c17-14-4-2-1-3-13(14)16-19-15(21-20-16)9-10-7-11-5-6-12(8-10)18-11;/h1-4,10-12,18H,5-9H2;1H. The molecule has 1 aromatic heterocycles. The molecule has 2 aliphatic heterocycles. The molecule has 0 saturated carbocycles. The van der Waals surface area contributed by atoms with Gasteiger partial charge in [-0.25, -0.2) is 4.39 Å². The average molecular weight is 324 g/mol. The van der Waals surface area contributed by atoms with E-state index in [0.29, 0.717) is 35.3 Å². The van der Waals surface area contributed by atoms with E-state index in [0.717, 1.165) is 6.42 Å². The summed E-state index contributed by atoms with van der Waals surface area (Å²) in [5, 5.41) is 7.55. The average Bonchev–Trinajstić information content (AvgIpc) is 3.06. The summed E-state index contributed by atoms with van der Waals surface area (Å²) in [5.41, 5.74) is 0.401. The highest BCUT2D eigenvalue weighted by atomic mass is 35.5. The summed E-state index contributed by atoms with van der Waals surface area (Å²) >= 11 is 0.